The third-order valence-corrected chi connectivity index (χ3v) is 20.1. The largest absolute Gasteiger partial charge is 0.311 e. The molecular weight excluding hydrogens is 1230 g/mol. The molecule has 2 aliphatic rings. The summed E-state index contributed by atoms with van der Waals surface area (Å²) >= 11 is 0. The second-order valence-electron chi connectivity index (χ2n) is 25.9. The van der Waals surface area contributed by atoms with E-state index in [0.717, 1.165) is 134 Å². The SMILES string of the molecule is c1ccc(-c2cc(-c3ccc(-n4c5ccccc5c5cc6c7ccccc7n(-c7ccccc7)c6cc54)c(-c4nc(-c5ccccc5)nc(-c5cccc(-c6cc7c8c(c6)N(c6ccccc6)c6ccccc6B8c6ccccc6N7c6ccccc6)c5)n4)c3)nc(-c3ccccc3)n2)cc1. The van der Waals surface area contributed by atoms with Crippen molar-refractivity contribution < 1.29 is 0 Å². The van der Waals surface area contributed by atoms with Crippen molar-refractivity contribution in [2.24, 2.45) is 0 Å². The second-order valence-corrected chi connectivity index (χ2v) is 25.9. The van der Waals surface area contributed by atoms with Gasteiger partial charge in [-0.1, -0.05) is 243 Å². The van der Waals surface area contributed by atoms with Gasteiger partial charge in [0.05, 0.1) is 39.1 Å². The standard InChI is InChI=1S/C91H58BN9/c1-7-28-59(29-8-1)76-57-77(94-88(93-76)60-30-9-2-10-31-60)63-50-51-80(101-79-47-24-20-43-70(79)72-56-71-69-42-19-23-46-78(69)98(83(71)58-84(72)101)66-36-13-4-14-37-66)73(53-63)91-96-89(61-32-11-3-12-33-61)95-90(97-91)64-35-27-34-62(52-64)65-54-85-87-86(55-65)100(68-40-17-6-18-41-68)82-49-26-22-45-75(82)92(87)74-44-21-25-48-81(74)99(85)67-38-15-5-16-39-67/h1-58H. The summed E-state index contributed by atoms with van der Waals surface area (Å²) in [4.78, 5) is 32.4. The van der Waals surface area contributed by atoms with Gasteiger partial charge in [-0.25, -0.2) is 24.9 Å². The monoisotopic (exact) mass is 1290 g/mol. The summed E-state index contributed by atoms with van der Waals surface area (Å²) in [6, 6.07) is 126. The number of para-hydroxylation sites is 7. The summed E-state index contributed by atoms with van der Waals surface area (Å²) in [7, 11) is 0. The lowest BCUT2D eigenvalue weighted by Gasteiger charge is -2.44. The maximum Gasteiger partial charge on any atom is 0.252 e. The van der Waals surface area contributed by atoms with Gasteiger partial charge in [0.15, 0.2) is 23.3 Å². The molecule has 0 amide bonds. The smallest absolute Gasteiger partial charge is 0.252 e. The molecule has 6 heterocycles. The first kappa shape index (κ1) is 57.7. The fourth-order valence-corrected chi connectivity index (χ4v) is 15.6. The zero-order valence-corrected chi connectivity index (χ0v) is 54.6. The molecule has 0 saturated heterocycles. The van der Waals surface area contributed by atoms with Gasteiger partial charge in [-0.2, -0.15) is 0 Å². The molecule has 14 aromatic carbocycles. The Morgan fingerprint density at radius 2 is 0.653 bits per heavy atom. The highest BCUT2D eigenvalue weighted by molar-refractivity contribution is 7.00. The number of anilines is 6. The third-order valence-electron chi connectivity index (χ3n) is 20.1. The van der Waals surface area contributed by atoms with Gasteiger partial charge in [0.2, 0.25) is 0 Å². The Balaban J connectivity index is 0.832. The summed E-state index contributed by atoms with van der Waals surface area (Å²) in [5, 5.41) is 4.63. The number of nitrogens with zero attached hydrogens (tertiary/aromatic N) is 9. The van der Waals surface area contributed by atoms with Crippen LogP contribution in [0.1, 0.15) is 0 Å². The number of aromatic nitrogens is 7. The van der Waals surface area contributed by atoms with Crippen molar-refractivity contribution in [2.45, 2.75) is 0 Å². The average molecular weight is 1290 g/mol. The first-order valence-corrected chi connectivity index (χ1v) is 34.3. The van der Waals surface area contributed by atoms with Crippen molar-refractivity contribution in [1.82, 2.24) is 34.1 Å². The Labute approximate surface area is 583 Å². The van der Waals surface area contributed by atoms with Crippen molar-refractivity contribution in [3.05, 3.63) is 352 Å². The molecule has 0 spiro atoms. The number of hydrogen-bond acceptors (Lipinski definition) is 7. The molecule has 20 rings (SSSR count). The number of hydrogen-bond donors (Lipinski definition) is 0. The molecule has 9 nitrogen and oxygen atoms in total. The summed E-state index contributed by atoms with van der Waals surface area (Å²) < 4.78 is 4.81. The number of rotatable bonds is 11. The van der Waals surface area contributed by atoms with Crippen molar-refractivity contribution in [3.8, 4) is 90.6 Å². The molecule has 0 unspecified atom stereocenters. The van der Waals surface area contributed by atoms with Crippen LogP contribution in [0.5, 0.6) is 0 Å². The summed E-state index contributed by atoms with van der Waals surface area (Å²) in [5.41, 5.74) is 25.7. The lowest BCUT2D eigenvalue weighted by molar-refractivity contribution is 1.06. The average Bonchev–Trinajstić information content (AvgIpc) is 1.41. The quantitative estimate of drug-likeness (QED) is 0.119. The maximum absolute atomic E-state index is 5.75. The molecular formula is C91H58BN9. The van der Waals surface area contributed by atoms with Crippen LogP contribution in [0, 0.1) is 0 Å². The molecule has 0 bridgehead atoms. The second kappa shape index (κ2) is 23.6. The van der Waals surface area contributed by atoms with Crippen LogP contribution in [0.3, 0.4) is 0 Å². The van der Waals surface area contributed by atoms with Crippen molar-refractivity contribution in [2.75, 3.05) is 9.80 Å². The summed E-state index contributed by atoms with van der Waals surface area (Å²) in [5.74, 6) is 2.20. The van der Waals surface area contributed by atoms with E-state index in [1.165, 1.54) is 27.2 Å². The summed E-state index contributed by atoms with van der Waals surface area (Å²) in [6.45, 7) is -0.0215. The molecule has 101 heavy (non-hydrogen) atoms. The van der Waals surface area contributed by atoms with Gasteiger partial charge in [0.25, 0.3) is 6.71 Å². The van der Waals surface area contributed by atoms with E-state index in [1.807, 2.05) is 42.5 Å². The van der Waals surface area contributed by atoms with E-state index >= 15 is 0 Å². The van der Waals surface area contributed by atoms with Crippen LogP contribution in [0.4, 0.5) is 34.1 Å². The first-order chi connectivity index (χ1) is 50.1. The predicted molar refractivity (Wildman–Crippen MR) is 416 cm³/mol. The van der Waals surface area contributed by atoms with Crippen LogP contribution < -0.4 is 26.2 Å². The topological polar surface area (TPSA) is 80.8 Å². The van der Waals surface area contributed by atoms with Crippen LogP contribution in [-0.4, -0.2) is 40.8 Å². The minimum Gasteiger partial charge on any atom is -0.311 e. The first-order valence-electron chi connectivity index (χ1n) is 34.3. The summed E-state index contributed by atoms with van der Waals surface area (Å²) in [6.07, 6.45) is 0. The Morgan fingerprint density at radius 3 is 1.24 bits per heavy atom. The van der Waals surface area contributed by atoms with Crippen LogP contribution in [-0.2, 0) is 0 Å². The lowest BCUT2D eigenvalue weighted by atomic mass is 9.33. The number of fused-ring (bicyclic) bond motifs is 10. The normalized spacial score (nSPS) is 12.3. The van der Waals surface area contributed by atoms with Gasteiger partial charge in [-0.3, -0.25) is 0 Å². The van der Waals surface area contributed by atoms with Gasteiger partial charge in [0.1, 0.15) is 0 Å². The minimum absolute atomic E-state index is 0.0215. The minimum atomic E-state index is -0.0215. The van der Waals surface area contributed by atoms with E-state index in [1.54, 1.807) is 0 Å². The van der Waals surface area contributed by atoms with Gasteiger partial charge < -0.3 is 18.9 Å². The van der Waals surface area contributed by atoms with Crippen LogP contribution in [0.15, 0.2) is 352 Å². The molecule has 0 atom stereocenters. The van der Waals surface area contributed by atoms with Crippen LogP contribution in [0.25, 0.3) is 134 Å². The molecule has 0 N–H and O–H groups in total. The Bertz CT molecular complexity index is 6110. The van der Waals surface area contributed by atoms with E-state index < -0.39 is 0 Å². The number of benzene rings is 14. The molecule has 470 valence electrons. The van der Waals surface area contributed by atoms with Crippen LogP contribution >= 0.6 is 0 Å². The highest BCUT2D eigenvalue weighted by Gasteiger charge is 2.43. The van der Waals surface area contributed by atoms with Crippen molar-refractivity contribution in [3.63, 3.8) is 0 Å². The lowest BCUT2D eigenvalue weighted by Crippen LogP contribution is -2.61. The molecule has 4 aromatic heterocycles. The molecule has 0 radical (unpaired) electrons. The van der Waals surface area contributed by atoms with E-state index in [0.29, 0.717) is 23.3 Å². The van der Waals surface area contributed by atoms with E-state index in [9.17, 15) is 0 Å². The van der Waals surface area contributed by atoms with Gasteiger partial charge in [-0.05, 0) is 137 Å². The molecule has 0 aliphatic carbocycles. The van der Waals surface area contributed by atoms with E-state index in [4.69, 9.17) is 24.9 Å². The Morgan fingerprint density at radius 1 is 0.218 bits per heavy atom. The van der Waals surface area contributed by atoms with Gasteiger partial charge >= 0.3 is 0 Å². The fourth-order valence-electron chi connectivity index (χ4n) is 15.6. The molecule has 10 heteroatoms. The van der Waals surface area contributed by atoms with E-state index in [2.05, 4.69) is 328 Å². The Kier molecular flexibility index (Phi) is 13.5. The molecule has 2 aliphatic heterocycles. The van der Waals surface area contributed by atoms with Gasteiger partial charge in [-0.15, -0.1) is 0 Å². The van der Waals surface area contributed by atoms with Crippen LogP contribution in [0.2, 0.25) is 0 Å². The zero-order valence-electron chi connectivity index (χ0n) is 54.6. The van der Waals surface area contributed by atoms with Crippen molar-refractivity contribution in [1.29, 1.82) is 0 Å². The Hall–Kier alpha value is -13.6. The highest BCUT2D eigenvalue weighted by Crippen LogP contribution is 2.48. The maximum atomic E-state index is 5.75. The highest BCUT2D eigenvalue weighted by atomic mass is 15.2. The van der Waals surface area contributed by atoms with Gasteiger partial charge in [0, 0.05) is 94.7 Å². The van der Waals surface area contributed by atoms with E-state index in [-0.39, 0.29) is 6.71 Å². The zero-order chi connectivity index (χ0) is 66.5. The third kappa shape index (κ3) is 9.59. The molecule has 18 aromatic rings. The fraction of sp³-hybridized carbons (Fsp3) is 0. The van der Waals surface area contributed by atoms with Crippen molar-refractivity contribution >= 4 is 101 Å². The molecule has 0 fully saturated rings. The predicted octanol–water partition coefficient (Wildman–Crippen LogP) is 20.6. The molecule has 0 saturated carbocycles.